The van der Waals surface area contributed by atoms with Crippen LogP contribution in [0.2, 0.25) is 0 Å². The highest BCUT2D eigenvalue weighted by Crippen LogP contribution is 2.29. The summed E-state index contributed by atoms with van der Waals surface area (Å²) in [6.07, 6.45) is 0.171. The maximum absolute atomic E-state index is 13.0. The average Bonchev–Trinajstić information content (AvgIpc) is 3.18. The number of halogens is 2. The Morgan fingerprint density at radius 2 is 1.77 bits per heavy atom. The Kier molecular flexibility index (Phi) is 6.56. The van der Waals surface area contributed by atoms with Gasteiger partial charge in [-0.1, -0.05) is 31.2 Å². The fraction of sp³-hybridized carbons (Fsp3) is 0.143. The van der Waals surface area contributed by atoms with Crippen molar-refractivity contribution in [2.45, 2.75) is 19.8 Å². The first kappa shape index (κ1) is 20.8. The van der Waals surface area contributed by atoms with Crippen LogP contribution in [0.25, 0.3) is 17.0 Å². The van der Waals surface area contributed by atoms with Crippen LogP contribution >= 0.6 is 0 Å². The third-order valence-corrected chi connectivity index (χ3v) is 4.12. The standard InChI is InChI=1S/C20H16F2N4O.CO2/c1-2-13-11-12-26-17(13)20(27-14-7-4-3-5-8-14)24-19(25-26)16-10-6-9-15(23-16)18(21)22;2-1-3/h3-12,18H,2H2,1H3;. The molecule has 1 aromatic carbocycles. The largest absolute Gasteiger partial charge is 0.437 e. The summed E-state index contributed by atoms with van der Waals surface area (Å²) in [7, 11) is 0. The minimum absolute atomic E-state index is 0.217. The number of aromatic nitrogens is 4. The highest BCUT2D eigenvalue weighted by atomic mass is 19.3. The van der Waals surface area contributed by atoms with Gasteiger partial charge in [0.05, 0.1) is 0 Å². The van der Waals surface area contributed by atoms with Gasteiger partial charge in [-0.15, -0.1) is 5.10 Å². The van der Waals surface area contributed by atoms with Crippen LogP contribution in [-0.4, -0.2) is 25.7 Å². The zero-order valence-corrected chi connectivity index (χ0v) is 15.8. The molecule has 0 saturated carbocycles. The molecule has 0 amide bonds. The summed E-state index contributed by atoms with van der Waals surface area (Å²) in [6, 6.07) is 15.6. The molecule has 9 heteroatoms. The van der Waals surface area contributed by atoms with E-state index in [9.17, 15) is 8.78 Å². The smallest absolute Gasteiger partial charge is 0.373 e. The van der Waals surface area contributed by atoms with Gasteiger partial charge in [0.25, 0.3) is 6.43 Å². The Morgan fingerprint density at radius 1 is 1.03 bits per heavy atom. The number of rotatable bonds is 5. The topological polar surface area (TPSA) is 86.4 Å². The van der Waals surface area contributed by atoms with E-state index in [4.69, 9.17) is 14.3 Å². The molecule has 0 aliphatic rings. The number of hydrogen-bond donors (Lipinski definition) is 0. The number of hydrogen-bond acceptors (Lipinski definition) is 6. The van der Waals surface area contributed by atoms with E-state index in [1.807, 2.05) is 43.3 Å². The van der Waals surface area contributed by atoms with Gasteiger partial charge in [-0.3, -0.25) is 0 Å². The molecule has 0 bridgehead atoms. The van der Waals surface area contributed by atoms with Crippen molar-refractivity contribution < 1.29 is 23.1 Å². The van der Waals surface area contributed by atoms with Crippen LogP contribution in [0.5, 0.6) is 11.6 Å². The zero-order valence-electron chi connectivity index (χ0n) is 15.8. The van der Waals surface area contributed by atoms with Crippen LogP contribution < -0.4 is 4.74 Å². The van der Waals surface area contributed by atoms with Gasteiger partial charge in [-0.2, -0.15) is 14.6 Å². The van der Waals surface area contributed by atoms with E-state index < -0.39 is 6.43 Å². The lowest BCUT2D eigenvalue weighted by molar-refractivity contribution is -0.191. The molecular formula is C21H16F2N4O3. The first-order valence-corrected chi connectivity index (χ1v) is 8.93. The van der Waals surface area contributed by atoms with Crippen molar-refractivity contribution in [2.75, 3.05) is 0 Å². The number of pyridine rings is 1. The number of fused-ring (bicyclic) bond motifs is 1. The third-order valence-electron chi connectivity index (χ3n) is 4.12. The highest BCUT2D eigenvalue weighted by molar-refractivity contribution is 5.66. The average molecular weight is 410 g/mol. The molecule has 0 unspecified atom stereocenters. The lowest BCUT2D eigenvalue weighted by Crippen LogP contribution is -2.03. The fourth-order valence-corrected chi connectivity index (χ4v) is 2.82. The van der Waals surface area contributed by atoms with Crippen LogP contribution in [0.4, 0.5) is 8.78 Å². The molecule has 0 radical (unpaired) electrons. The van der Waals surface area contributed by atoms with Crippen LogP contribution in [0.3, 0.4) is 0 Å². The maximum atomic E-state index is 13.0. The molecule has 0 spiro atoms. The van der Waals surface area contributed by atoms with E-state index in [1.165, 1.54) is 12.1 Å². The summed E-state index contributed by atoms with van der Waals surface area (Å²) in [4.78, 5) is 24.7. The van der Waals surface area contributed by atoms with Gasteiger partial charge >= 0.3 is 6.15 Å². The number of aryl methyl sites for hydroxylation is 1. The minimum atomic E-state index is -2.66. The third kappa shape index (κ3) is 4.53. The van der Waals surface area contributed by atoms with Crippen molar-refractivity contribution in [2.24, 2.45) is 0 Å². The monoisotopic (exact) mass is 410 g/mol. The van der Waals surface area contributed by atoms with Gasteiger partial charge in [-0.05, 0) is 42.3 Å². The second kappa shape index (κ2) is 9.49. The second-order valence-corrected chi connectivity index (χ2v) is 5.98. The van der Waals surface area contributed by atoms with Crippen molar-refractivity contribution in [1.29, 1.82) is 0 Å². The Morgan fingerprint density at radius 3 is 2.43 bits per heavy atom. The van der Waals surface area contributed by atoms with Crippen molar-refractivity contribution >= 4 is 11.7 Å². The number of para-hydroxylation sites is 1. The summed E-state index contributed by atoms with van der Waals surface area (Å²) in [5.74, 6) is 1.20. The molecule has 3 heterocycles. The molecule has 7 nitrogen and oxygen atoms in total. The molecule has 0 N–H and O–H groups in total. The Hall–Kier alpha value is -3.97. The molecule has 0 saturated heterocycles. The predicted octanol–water partition coefficient (Wildman–Crippen LogP) is 4.50. The van der Waals surface area contributed by atoms with Gasteiger partial charge < -0.3 is 4.74 Å². The summed E-state index contributed by atoms with van der Waals surface area (Å²) in [6.45, 7) is 2.03. The maximum Gasteiger partial charge on any atom is 0.373 e. The lowest BCUT2D eigenvalue weighted by Gasteiger charge is -2.10. The summed E-state index contributed by atoms with van der Waals surface area (Å²) in [5.41, 5.74) is 1.72. The van der Waals surface area contributed by atoms with Gasteiger partial charge in [0.15, 0.2) is 0 Å². The van der Waals surface area contributed by atoms with E-state index in [0.717, 1.165) is 17.5 Å². The van der Waals surface area contributed by atoms with Crippen molar-refractivity contribution in [3.63, 3.8) is 0 Å². The minimum Gasteiger partial charge on any atom is -0.437 e. The van der Waals surface area contributed by atoms with E-state index in [1.54, 1.807) is 16.8 Å². The van der Waals surface area contributed by atoms with E-state index >= 15 is 0 Å². The Bertz CT molecular complexity index is 1170. The van der Waals surface area contributed by atoms with Crippen molar-refractivity contribution in [3.05, 3.63) is 72.1 Å². The van der Waals surface area contributed by atoms with Gasteiger partial charge in [-0.25, -0.2) is 18.3 Å². The molecule has 30 heavy (non-hydrogen) atoms. The highest BCUT2D eigenvalue weighted by Gasteiger charge is 2.17. The normalized spacial score (nSPS) is 10.4. The number of carbonyl (C=O) groups excluding carboxylic acids is 2. The number of benzene rings is 1. The van der Waals surface area contributed by atoms with Crippen molar-refractivity contribution in [1.82, 2.24) is 19.6 Å². The van der Waals surface area contributed by atoms with Crippen LogP contribution in [0.15, 0.2) is 60.8 Å². The second-order valence-electron chi connectivity index (χ2n) is 5.98. The fourth-order valence-electron chi connectivity index (χ4n) is 2.82. The first-order chi connectivity index (χ1) is 14.6. The Balaban J connectivity index is 0.000000806. The van der Waals surface area contributed by atoms with E-state index in [-0.39, 0.29) is 23.4 Å². The number of ether oxygens (including phenoxy) is 1. The molecule has 3 aromatic heterocycles. The number of nitrogens with zero attached hydrogens (tertiary/aromatic N) is 4. The summed E-state index contributed by atoms with van der Waals surface area (Å²) in [5, 5.41) is 4.43. The van der Waals surface area contributed by atoms with Gasteiger partial charge in [0.2, 0.25) is 11.7 Å². The van der Waals surface area contributed by atoms with Crippen LogP contribution in [0.1, 0.15) is 24.6 Å². The summed E-state index contributed by atoms with van der Waals surface area (Å²) >= 11 is 0. The lowest BCUT2D eigenvalue weighted by atomic mass is 10.2. The molecular weight excluding hydrogens is 394 g/mol. The molecule has 4 aromatic rings. The van der Waals surface area contributed by atoms with Crippen molar-refractivity contribution in [3.8, 4) is 23.1 Å². The van der Waals surface area contributed by atoms with Crippen LogP contribution in [-0.2, 0) is 16.0 Å². The Labute approximate surface area is 170 Å². The molecule has 0 aliphatic carbocycles. The molecule has 0 fully saturated rings. The first-order valence-electron chi connectivity index (χ1n) is 8.93. The molecule has 4 rings (SSSR count). The van der Waals surface area contributed by atoms with E-state index in [0.29, 0.717) is 11.6 Å². The van der Waals surface area contributed by atoms with E-state index in [2.05, 4.69) is 15.1 Å². The number of alkyl halides is 2. The predicted molar refractivity (Wildman–Crippen MR) is 102 cm³/mol. The SMILES string of the molecule is CCc1ccn2nc(-c3cccc(C(F)F)n3)nc(Oc3ccccc3)c12.O=C=O. The van der Waals surface area contributed by atoms with Gasteiger partial charge in [0, 0.05) is 6.20 Å². The van der Waals surface area contributed by atoms with Gasteiger partial charge in [0.1, 0.15) is 22.7 Å². The van der Waals surface area contributed by atoms with Crippen LogP contribution in [0, 0.1) is 0 Å². The molecule has 152 valence electrons. The molecule has 0 aliphatic heterocycles. The zero-order chi connectivity index (χ0) is 21.5. The quantitative estimate of drug-likeness (QED) is 0.482. The molecule has 0 atom stereocenters. The summed E-state index contributed by atoms with van der Waals surface area (Å²) < 4.78 is 33.6.